The second kappa shape index (κ2) is 25.4. The summed E-state index contributed by atoms with van der Waals surface area (Å²) in [7, 11) is 0. The summed E-state index contributed by atoms with van der Waals surface area (Å²) in [4.78, 5) is 39.0. The van der Waals surface area contributed by atoms with Crippen LogP contribution in [-0.4, -0.2) is 48.4 Å². The van der Waals surface area contributed by atoms with E-state index in [1.165, 1.54) is 109 Å². The van der Waals surface area contributed by atoms with E-state index in [2.05, 4.69) is 19.2 Å². The van der Waals surface area contributed by atoms with Gasteiger partial charge in [-0.05, 0) is 12.8 Å². The maximum absolute atomic E-state index is 12.8. The third-order valence-electron chi connectivity index (χ3n) is 8.02. The SMILES string of the molecule is CCCCCCCCCCCCCCCCCCCCCC(=O)N1CCNC(=O)C1CC(=O)OCCCCC. The first-order valence-corrected chi connectivity index (χ1v) is 16.8. The fraction of sp³-hybridized carbons (Fsp3) is 0.909. The molecule has 6 heteroatoms. The Morgan fingerprint density at radius 1 is 0.692 bits per heavy atom. The Morgan fingerprint density at radius 2 is 1.13 bits per heavy atom. The number of nitrogens with one attached hydrogen (secondary N) is 1. The van der Waals surface area contributed by atoms with Crippen molar-refractivity contribution in [1.82, 2.24) is 10.2 Å². The zero-order chi connectivity index (χ0) is 28.4. The Labute approximate surface area is 240 Å². The number of rotatable bonds is 26. The molecule has 2 amide bonds. The van der Waals surface area contributed by atoms with Gasteiger partial charge in [0, 0.05) is 19.5 Å². The van der Waals surface area contributed by atoms with Gasteiger partial charge in [-0.2, -0.15) is 0 Å². The van der Waals surface area contributed by atoms with Crippen molar-refractivity contribution in [2.45, 2.75) is 174 Å². The van der Waals surface area contributed by atoms with E-state index >= 15 is 0 Å². The lowest BCUT2D eigenvalue weighted by Gasteiger charge is -2.34. The first-order chi connectivity index (χ1) is 19.1. The summed E-state index contributed by atoms with van der Waals surface area (Å²) in [6.45, 7) is 5.68. The molecule has 0 radical (unpaired) electrons. The molecule has 1 fully saturated rings. The minimum atomic E-state index is -0.731. The summed E-state index contributed by atoms with van der Waals surface area (Å²) in [5.74, 6) is -0.650. The molecule has 1 unspecified atom stereocenters. The van der Waals surface area contributed by atoms with Gasteiger partial charge in [0.2, 0.25) is 11.8 Å². The van der Waals surface area contributed by atoms with E-state index in [-0.39, 0.29) is 18.2 Å². The summed E-state index contributed by atoms with van der Waals surface area (Å²) in [5.41, 5.74) is 0. The predicted molar refractivity (Wildman–Crippen MR) is 162 cm³/mol. The molecule has 0 saturated carbocycles. The van der Waals surface area contributed by atoms with E-state index in [0.717, 1.165) is 32.1 Å². The predicted octanol–water partition coefficient (Wildman–Crippen LogP) is 8.26. The molecule has 39 heavy (non-hydrogen) atoms. The second-order valence-electron chi connectivity index (χ2n) is 11.6. The molecule has 0 aliphatic carbocycles. The highest BCUT2D eigenvalue weighted by molar-refractivity contribution is 5.91. The molecule has 1 heterocycles. The van der Waals surface area contributed by atoms with Gasteiger partial charge in [-0.15, -0.1) is 0 Å². The highest BCUT2D eigenvalue weighted by Crippen LogP contribution is 2.17. The minimum absolute atomic E-state index is 0.0133. The molecule has 1 aliphatic rings. The Bertz CT molecular complexity index is 625. The number of nitrogens with zero attached hydrogens (tertiary/aromatic N) is 1. The number of hydrogen-bond donors (Lipinski definition) is 1. The largest absolute Gasteiger partial charge is 0.466 e. The zero-order valence-electron chi connectivity index (χ0n) is 25.7. The third-order valence-corrected chi connectivity index (χ3v) is 8.02. The van der Waals surface area contributed by atoms with Gasteiger partial charge >= 0.3 is 5.97 Å². The summed E-state index contributed by atoms with van der Waals surface area (Å²) < 4.78 is 5.27. The van der Waals surface area contributed by atoms with Gasteiger partial charge in [0.1, 0.15) is 6.04 Å². The van der Waals surface area contributed by atoms with Crippen molar-refractivity contribution in [2.24, 2.45) is 0 Å². The highest BCUT2D eigenvalue weighted by atomic mass is 16.5. The first-order valence-electron chi connectivity index (χ1n) is 16.8. The Balaban J connectivity index is 1.99. The summed E-state index contributed by atoms with van der Waals surface area (Å²) >= 11 is 0. The molecule has 1 atom stereocenters. The van der Waals surface area contributed by atoms with Crippen LogP contribution in [0.25, 0.3) is 0 Å². The van der Waals surface area contributed by atoms with Crippen LogP contribution in [0.3, 0.4) is 0 Å². The highest BCUT2D eigenvalue weighted by Gasteiger charge is 2.34. The second-order valence-corrected chi connectivity index (χ2v) is 11.6. The third kappa shape index (κ3) is 19.2. The van der Waals surface area contributed by atoms with Gasteiger partial charge in [-0.1, -0.05) is 142 Å². The van der Waals surface area contributed by atoms with Crippen molar-refractivity contribution in [3.63, 3.8) is 0 Å². The molecule has 1 aliphatic heterocycles. The fourth-order valence-corrected chi connectivity index (χ4v) is 5.47. The average Bonchev–Trinajstić information content (AvgIpc) is 2.93. The lowest BCUT2D eigenvalue weighted by Crippen LogP contribution is -2.57. The summed E-state index contributed by atoms with van der Waals surface area (Å²) in [6, 6.07) is -0.731. The molecule has 0 aromatic carbocycles. The zero-order valence-corrected chi connectivity index (χ0v) is 25.7. The number of esters is 1. The minimum Gasteiger partial charge on any atom is -0.466 e. The number of ether oxygens (including phenoxy) is 1. The van der Waals surface area contributed by atoms with Crippen LogP contribution in [0, 0.1) is 0 Å². The molecule has 228 valence electrons. The first kappa shape index (κ1) is 35.4. The van der Waals surface area contributed by atoms with Crippen molar-refractivity contribution >= 4 is 17.8 Å². The monoisotopic (exact) mass is 550 g/mol. The van der Waals surface area contributed by atoms with Crippen LogP contribution in [0.5, 0.6) is 0 Å². The number of carbonyl (C=O) groups excluding carboxylic acids is 3. The molecule has 0 bridgehead atoms. The van der Waals surface area contributed by atoms with Gasteiger partial charge < -0.3 is 15.0 Å². The van der Waals surface area contributed by atoms with Crippen molar-refractivity contribution in [3.05, 3.63) is 0 Å². The van der Waals surface area contributed by atoms with Crippen LogP contribution in [0.15, 0.2) is 0 Å². The van der Waals surface area contributed by atoms with Crippen LogP contribution in [0.1, 0.15) is 168 Å². The van der Waals surface area contributed by atoms with Gasteiger partial charge in [-0.3, -0.25) is 14.4 Å². The van der Waals surface area contributed by atoms with E-state index in [1.54, 1.807) is 4.90 Å². The van der Waals surface area contributed by atoms with Gasteiger partial charge in [0.15, 0.2) is 0 Å². The van der Waals surface area contributed by atoms with E-state index in [4.69, 9.17) is 4.74 Å². The van der Waals surface area contributed by atoms with E-state index in [0.29, 0.717) is 26.1 Å². The maximum Gasteiger partial charge on any atom is 0.308 e. The Morgan fingerprint density at radius 3 is 1.62 bits per heavy atom. The fourth-order valence-electron chi connectivity index (χ4n) is 5.47. The molecule has 1 rings (SSSR count). The summed E-state index contributed by atoms with van der Waals surface area (Å²) in [5, 5.41) is 2.79. The van der Waals surface area contributed by atoms with E-state index < -0.39 is 12.0 Å². The van der Waals surface area contributed by atoms with Crippen LogP contribution in [0.2, 0.25) is 0 Å². The number of unbranched alkanes of at least 4 members (excludes halogenated alkanes) is 20. The van der Waals surface area contributed by atoms with Crippen molar-refractivity contribution in [2.75, 3.05) is 19.7 Å². The molecule has 1 saturated heterocycles. The maximum atomic E-state index is 12.8. The molecule has 0 aromatic heterocycles. The standard InChI is InChI=1S/C33H62N2O4/c1-3-5-7-8-9-10-11-12-13-14-15-16-17-18-19-20-21-22-23-25-31(36)35-27-26-34-33(38)30(35)29-32(37)39-28-24-6-4-2/h30H,3-29H2,1-2H3,(H,34,38). The topological polar surface area (TPSA) is 75.7 Å². The van der Waals surface area contributed by atoms with E-state index in [1.807, 2.05) is 0 Å². The quantitative estimate of drug-likeness (QED) is 0.0869. The van der Waals surface area contributed by atoms with Gasteiger partial charge in [-0.25, -0.2) is 0 Å². The molecular weight excluding hydrogens is 488 g/mol. The number of hydrogen-bond acceptors (Lipinski definition) is 4. The van der Waals surface area contributed by atoms with Crippen LogP contribution < -0.4 is 5.32 Å². The van der Waals surface area contributed by atoms with Gasteiger partial charge in [0.05, 0.1) is 13.0 Å². The number of piperazine rings is 1. The Hall–Kier alpha value is -1.59. The van der Waals surface area contributed by atoms with Crippen molar-refractivity contribution in [3.8, 4) is 0 Å². The molecular formula is C33H62N2O4. The van der Waals surface area contributed by atoms with Gasteiger partial charge in [0.25, 0.3) is 0 Å². The number of carbonyl (C=O) groups is 3. The normalized spacial score (nSPS) is 15.4. The van der Waals surface area contributed by atoms with Crippen molar-refractivity contribution in [1.29, 1.82) is 0 Å². The number of amides is 2. The molecule has 6 nitrogen and oxygen atoms in total. The lowest BCUT2D eigenvalue weighted by molar-refractivity contribution is -0.152. The van der Waals surface area contributed by atoms with Crippen LogP contribution in [-0.2, 0) is 19.1 Å². The van der Waals surface area contributed by atoms with Crippen LogP contribution >= 0.6 is 0 Å². The van der Waals surface area contributed by atoms with Crippen LogP contribution in [0.4, 0.5) is 0 Å². The lowest BCUT2D eigenvalue weighted by atomic mass is 10.0. The van der Waals surface area contributed by atoms with Crippen molar-refractivity contribution < 1.29 is 19.1 Å². The van der Waals surface area contributed by atoms with E-state index in [9.17, 15) is 14.4 Å². The molecule has 1 N–H and O–H groups in total. The Kier molecular flexibility index (Phi) is 23.1. The average molecular weight is 551 g/mol. The molecule has 0 spiro atoms. The molecule has 0 aromatic rings. The summed E-state index contributed by atoms with van der Waals surface area (Å²) in [6.07, 6.45) is 28.5. The smallest absolute Gasteiger partial charge is 0.308 e.